The second kappa shape index (κ2) is 6.44. The highest BCUT2D eigenvalue weighted by Gasteiger charge is 2.72. The Morgan fingerprint density at radius 2 is 2.13 bits per heavy atom. The summed E-state index contributed by atoms with van der Waals surface area (Å²) >= 11 is 21.6. The second-order valence-electron chi connectivity index (χ2n) is 5.49. The van der Waals surface area contributed by atoms with Crippen molar-refractivity contribution in [1.29, 1.82) is 0 Å². The number of hydrogen-bond donors (Lipinski definition) is 1. The molecular formula is C12H14BrCl3N2O4S. The zero-order valence-corrected chi connectivity index (χ0v) is 16.9. The molecule has 0 saturated carbocycles. The lowest BCUT2D eigenvalue weighted by Crippen LogP contribution is -2.76. The molecule has 0 aromatic heterocycles. The van der Waals surface area contributed by atoms with E-state index in [4.69, 9.17) is 39.5 Å². The number of ether oxygens (including phenoxy) is 1. The van der Waals surface area contributed by atoms with Gasteiger partial charge in [-0.15, -0.1) is 11.8 Å². The number of amides is 2. The molecule has 0 aliphatic carbocycles. The lowest BCUT2D eigenvalue weighted by Gasteiger charge is -2.47. The van der Waals surface area contributed by atoms with Crippen molar-refractivity contribution in [3.8, 4) is 0 Å². The monoisotopic (exact) mass is 466 g/mol. The van der Waals surface area contributed by atoms with Crippen molar-refractivity contribution in [1.82, 2.24) is 10.2 Å². The van der Waals surface area contributed by atoms with Gasteiger partial charge in [-0.1, -0.05) is 50.7 Å². The fourth-order valence-corrected chi connectivity index (χ4v) is 5.36. The summed E-state index contributed by atoms with van der Waals surface area (Å²) in [6.07, 6.45) is 0.298. The Morgan fingerprint density at radius 1 is 1.52 bits per heavy atom. The number of β-lactam (4-membered cyclic amide) rings is 1. The third kappa shape index (κ3) is 3.29. The quantitative estimate of drug-likeness (QED) is 0.389. The Hall–Kier alpha value is 0.110. The number of carbonyl (C=O) groups excluding carboxylic acids is 3. The first-order valence-electron chi connectivity index (χ1n) is 6.55. The smallest absolute Gasteiger partial charge is 0.354 e. The van der Waals surface area contributed by atoms with E-state index in [1.807, 2.05) is 0 Å². The molecule has 0 bridgehead atoms. The second-order valence-corrected chi connectivity index (χ2v) is 10.2. The number of nitrogens with one attached hydrogen (secondary N) is 1. The molecule has 11 heteroatoms. The third-order valence-corrected chi connectivity index (χ3v) is 7.13. The van der Waals surface area contributed by atoms with E-state index in [1.54, 1.807) is 6.92 Å². The maximum atomic E-state index is 12.8. The van der Waals surface area contributed by atoms with Crippen LogP contribution in [0.25, 0.3) is 0 Å². The lowest BCUT2D eigenvalue weighted by atomic mass is 9.89. The minimum Gasteiger partial charge on any atom is -0.458 e. The maximum absolute atomic E-state index is 12.8. The van der Waals surface area contributed by atoms with E-state index >= 15 is 0 Å². The molecule has 130 valence electrons. The molecule has 0 aromatic carbocycles. The van der Waals surface area contributed by atoms with Gasteiger partial charge < -0.3 is 10.1 Å². The van der Waals surface area contributed by atoms with Crippen LogP contribution in [0, 0.1) is 0 Å². The van der Waals surface area contributed by atoms with Gasteiger partial charge in [-0.05, 0) is 6.92 Å². The SMILES string of the molecule is CC(=O)NC1(C(=O)OCC(Cl)(Cl)Cl)N2C(=O)C[C@H]2SC1(C)CBr. The van der Waals surface area contributed by atoms with Crippen LogP contribution in [0.3, 0.4) is 0 Å². The number of hydrogen-bond acceptors (Lipinski definition) is 5. The molecule has 2 heterocycles. The van der Waals surface area contributed by atoms with Crippen LogP contribution in [0.5, 0.6) is 0 Å². The molecule has 0 spiro atoms. The Bertz CT molecular complexity index is 561. The molecular weight excluding hydrogens is 454 g/mol. The maximum Gasteiger partial charge on any atom is 0.354 e. The van der Waals surface area contributed by atoms with Crippen molar-refractivity contribution in [2.24, 2.45) is 0 Å². The molecule has 2 amide bonds. The summed E-state index contributed by atoms with van der Waals surface area (Å²) < 4.78 is 2.49. The molecule has 0 aromatic rings. The Balaban J connectivity index is 2.42. The molecule has 2 saturated heterocycles. The van der Waals surface area contributed by atoms with E-state index in [0.717, 1.165) is 0 Å². The molecule has 2 fully saturated rings. The zero-order valence-electron chi connectivity index (χ0n) is 12.2. The van der Waals surface area contributed by atoms with E-state index in [9.17, 15) is 14.4 Å². The third-order valence-electron chi connectivity index (χ3n) is 3.70. The van der Waals surface area contributed by atoms with Gasteiger partial charge in [0.2, 0.25) is 21.3 Å². The van der Waals surface area contributed by atoms with Crippen molar-refractivity contribution >= 4 is 80.3 Å². The van der Waals surface area contributed by atoms with Crippen LogP contribution in [0.2, 0.25) is 0 Å². The van der Waals surface area contributed by atoms with Gasteiger partial charge in [0, 0.05) is 12.3 Å². The number of fused-ring (bicyclic) bond motifs is 1. The molecule has 2 aliphatic rings. The first kappa shape index (κ1) is 19.4. The number of halogens is 4. The number of rotatable bonds is 4. The van der Waals surface area contributed by atoms with Crippen molar-refractivity contribution in [3.63, 3.8) is 0 Å². The zero-order chi connectivity index (χ0) is 17.6. The first-order valence-corrected chi connectivity index (χ1v) is 9.69. The molecule has 6 nitrogen and oxygen atoms in total. The van der Waals surface area contributed by atoms with Gasteiger partial charge in [0.15, 0.2) is 0 Å². The van der Waals surface area contributed by atoms with Crippen LogP contribution < -0.4 is 5.32 Å². The van der Waals surface area contributed by atoms with Crippen LogP contribution in [0.1, 0.15) is 20.3 Å². The predicted molar refractivity (Wildman–Crippen MR) is 92.8 cm³/mol. The average Bonchev–Trinajstić information content (AvgIpc) is 2.60. The number of alkyl halides is 4. The summed E-state index contributed by atoms with van der Waals surface area (Å²) in [6, 6.07) is 0. The van der Waals surface area contributed by atoms with Gasteiger partial charge >= 0.3 is 5.97 Å². The normalized spacial score (nSPS) is 33.0. The summed E-state index contributed by atoms with van der Waals surface area (Å²) in [5, 5.41) is 2.74. The topological polar surface area (TPSA) is 75.7 Å². The molecule has 2 aliphatic heterocycles. The minimum atomic E-state index is -1.79. The summed E-state index contributed by atoms with van der Waals surface area (Å²) in [5.74, 6) is -1.54. The van der Waals surface area contributed by atoms with Crippen LogP contribution in [0.4, 0.5) is 0 Å². The fraction of sp³-hybridized carbons (Fsp3) is 0.750. The number of nitrogens with zero attached hydrogens (tertiary/aromatic N) is 1. The molecule has 3 atom stereocenters. The highest BCUT2D eigenvalue weighted by atomic mass is 79.9. The first-order chi connectivity index (χ1) is 10.5. The predicted octanol–water partition coefficient (Wildman–Crippen LogP) is 2.19. The van der Waals surface area contributed by atoms with Gasteiger partial charge in [-0.25, -0.2) is 4.79 Å². The standard InChI is InChI=1S/C12H14BrCl3N2O4S/c1-6(19)17-12(9(21)22-5-11(14,15)16)10(2,4-13)23-8-3-7(20)18(8)12/h8H,3-5H2,1-2H3,(H,17,19)/t8-,10?,12?/m1/s1. The van der Waals surface area contributed by atoms with Crippen LogP contribution >= 0.6 is 62.5 Å². The van der Waals surface area contributed by atoms with E-state index in [2.05, 4.69) is 21.2 Å². The molecule has 2 rings (SSSR count). The lowest BCUT2D eigenvalue weighted by molar-refractivity contribution is -0.177. The van der Waals surface area contributed by atoms with Crippen LogP contribution in [-0.2, 0) is 19.1 Å². The van der Waals surface area contributed by atoms with Gasteiger partial charge in [-0.3, -0.25) is 14.5 Å². The largest absolute Gasteiger partial charge is 0.458 e. The fourth-order valence-electron chi connectivity index (χ4n) is 2.72. The Labute approximate surface area is 161 Å². The van der Waals surface area contributed by atoms with Gasteiger partial charge in [0.1, 0.15) is 6.61 Å². The summed E-state index contributed by atoms with van der Waals surface area (Å²) in [5.41, 5.74) is -1.65. The molecule has 1 N–H and O–H groups in total. The van der Waals surface area contributed by atoms with E-state index in [1.165, 1.54) is 23.6 Å². The summed E-state index contributed by atoms with van der Waals surface area (Å²) in [6.45, 7) is 2.54. The van der Waals surface area contributed by atoms with E-state index < -0.39 is 32.7 Å². The van der Waals surface area contributed by atoms with Gasteiger partial charge in [-0.2, -0.15) is 0 Å². The van der Waals surface area contributed by atoms with Gasteiger partial charge in [0.25, 0.3) is 0 Å². The van der Waals surface area contributed by atoms with Crippen molar-refractivity contribution in [2.75, 3.05) is 11.9 Å². The molecule has 23 heavy (non-hydrogen) atoms. The van der Waals surface area contributed by atoms with Crippen molar-refractivity contribution in [3.05, 3.63) is 0 Å². The summed E-state index contributed by atoms with van der Waals surface area (Å²) in [7, 11) is 0. The van der Waals surface area contributed by atoms with E-state index in [0.29, 0.717) is 11.8 Å². The van der Waals surface area contributed by atoms with Crippen LogP contribution in [-0.4, -0.2) is 54.2 Å². The highest BCUT2D eigenvalue weighted by Crippen LogP contribution is 2.56. The molecule has 0 radical (unpaired) electrons. The van der Waals surface area contributed by atoms with Crippen molar-refractivity contribution in [2.45, 2.75) is 39.8 Å². The number of thioether (sulfide) groups is 1. The Morgan fingerprint density at radius 3 is 2.57 bits per heavy atom. The van der Waals surface area contributed by atoms with Gasteiger partial charge in [0.05, 0.1) is 16.5 Å². The minimum absolute atomic E-state index is 0.211. The van der Waals surface area contributed by atoms with E-state index in [-0.39, 0.29) is 11.3 Å². The highest BCUT2D eigenvalue weighted by molar-refractivity contribution is 9.09. The summed E-state index contributed by atoms with van der Waals surface area (Å²) in [4.78, 5) is 38.0. The number of esters is 1. The van der Waals surface area contributed by atoms with Crippen LogP contribution in [0.15, 0.2) is 0 Å². The Kier molecular flexibility index (Phi) is 5.44. The molecule has 2 unspecified atom stereocenters. The number of carbonyl (C=O) groups is 3. The van der Waals surface area contributed by atoms with Crippen molar-refractivity contribution < 1.29 is 19.1 Å². The average molecular weight is 469 g/mol.